The molecule has 2 aromatic heterocycles. The number of hydrogen-bond donors (Lipinski definition) is 1. The Morgan fingerprint density at radius 3 is 2.65 bits per heavy atom. The van der Waals surface area contributed by atoms with Crippen molar-refractivity contribution in [2.24, 2.45) is 0 Å². The number of anilines is 1. The van der Waals surface area contributed by atoms with Gasteiger partial charge in [0.05, 0.1) is 35.2 Å². The van der Waals surface area contributed by atoms with Gasteiger partial charge in [-0.25, -0.2) is 0 Å². The van der Waals surface area contributed by atoms with Gasteiger partial charge in [-0.05, 0) is 24.3 Å². The van der Waals surface area contributed by atoms with E-state index in [2.05, 4.69) is 20.5 Å². The van der Waals surface area contributed by atoms with Gasteiger partial charge in [-0.3, -0.25) is 14.3 Å². The molecule has 0 saturated heterocycles. The fraction of sp³-hybridized carbons (Fsp3) is 0.263. The summed E-state index contributed by atoms with van der Waals surface area (Å²) in [6.07, 6.45) is -1.42. The Kier molecular flexibility index (Phi) is 7.52. The Bertz CT molecular complexity index is 1050. The molecule has 0 aliphatic heterocycles. The van der Waals surface area contributed by atoms with E-state index in [1.54, 1.807) is 36.2 Å². The van der Waals surface area contributed by atoms with Crippen LogP contribution in [0.15, 0.2) is 47.9 Å². The van der Waals surface area contributed by atoms with Gasteiger partial charge in [-0.15, -0.1) is 10.2 Å². The van der Waals surface area contributed by atoms with Crippen molar-refractivity contribution in [1.29, 1.82) is 0 Å². The molecule has 0 saturated carbocycles. The van der Waals surface area contributed by atoms with E-state index >= 15 is 0 Å². The van der Waals surface area contributed by atoms with Crippen molar-refractivity contribution in [2.75, 3.05) is 24.8 Å². The summed E-state index contributed by atoms with van der Waals surface area (Å²) < 4.78 is 46.5. The van der Waals surface area contributed by atoms with Crippen LogP contribution in [0.1, 0.15) is 5.56 Å². The molecule has 31 heavy (non-hydrogen) atoms. The molecule has 0 spiro atoms. The van der Waals surface area contributed by atoms with Crippen molar-refractivity contribution in [3.05, 3.63) is 53.3 Å². The van der Waals surface area contributed by atoms with Gasteiger partial charge in [-0.2, -0.15) is 13.2 Å². The number of pyridine rings is 1. The average molecular weight is 472 g/mol. The zero-order valence-corrected chi connectivity index (χ0v) is 17.8. The molecule has 0 radical (unpaired) electrons. The van der Waals surface area contributed by atoms with Crippen LogP contribution in [0.25, 0.3) is 11.4 Å². The zero-order chi connectivity index (χ0) is 22.4. The number of halogens is 4. The maximum Gasteiger partial charge on any atom is 0.418 e. The molecule has 164 valence electrons. The van der Waals surface area contributed by atoms with Crippen molar-refractivity contribution >= 4 is 35.0 Å². The summed E-state index contributed by atoms with van der Waals surface area (Å²) in [5.41, 5.74) is -0.706. The third kappa shape index (κ3) is 5.75. The van der Waals surface area contributed by atoms with Crippen LogP contribution in [0.4, 0.5) is 18.9 Å². The number of carbonyl (C=O) groups excluding carboxylic acids is 1. The number of amides is 1. The van der Waals surface area contributed by atoms with Crippen LogP contribution in [-0.2, 0) is 22.3 Å². The highest BCUT2D eigenvalue weighted by atomic mass is 35.5. The van der Waals surface area contributed by atoms with E-state index in [1.807, 2.05) is 0 Å². The summed E-state index contributed by atoms with van der Waals surface area (Å²) in [5, 5.41) is 10.8. The first-order valence-corrected chi connectivity index (χ1v) is 10.3. The van der Waals surface area contributed by atoms with Gasteiger partial charge in [-0.1, -0.05) is 29.4 Å². The molecule has 2 heterocycles. The summed E-state index contributed by atoms with van der Waals surface area (Å²) in [7, 11) is 1.55. The lowest BCUT2D eigenvalue weighted by Gasteiger charge is -2.15. The summed E-state index contributed by atoms with van der Waals surface area (Å²) in [4.78, 5) is 16.3. The van der Waals surface area contributed by atoms with E-state index in [9.17, 15) is 18.0 Å². The fourth-order valence-electron chi connectivity index (χ4n) is 2.69. The summed E-state index contributed by atoms with van der Waals surface area (Å²) in [5.74, 6) is -0.285. The number of methoxy groups -OCH3 is 1. The molecule has 12 heteroatoms. The number of nitrogens with one attached hydrogen (secondary N) is 1. The van der Waals surface area contributed by atoms with E-state index in [0.29, 0.717) is 24.1 Å². The number of para-hydroxylation sites is 1. The molecule has 0 fully saturated rings. The van der Waals surface area contributed by atoms with Gasteiger partial charge in [0, 0.05) is 25.1 Å². The second kappa shape index (κ2) is 10.1. The Balaban J connectivity index is 1.76. The van der Waals surface area contributed by atoms with Gasteiger partial charge in [0.1, 0.15) is 0 Å². The summed E-state index contributed by atoms with van der Waals surface area (Å²) in [6, 6.07) is 6.85. The highest BCUT2D eigenvalue weighted by molar-refractivity contribution is 7.99. The normalized spacial score (nSPS) is 11.5. The largest absolute Gasteiger partial charge is 0.418 e. The molecule has 7 nitrogen and oxygen atoms in total. The van der Waals surface area contributed by atoms with Gasteiger partial charge in [0.25, 0.3) is 0 Å². The maximum absolute atomic E-state index is 13.2. The van der Waals surface area contributed by atoms with Gasteiger partial charge >= 0.3 is 6.18 Å². The lowest BCUT2D eigenvalue weighted by atomic mass is 10.1. The molecule has 1 amide bonds. The quantitative estimate of drug-likeness (QED) is 0.491. The zero-order valence-electron chi connectivity index (χ0n) is 16.2. The fourth-order valence-corrected chi connectivity index (χ4v) is 3.67. The highest BCUT2D eigenvalue weighted by Gasteiger charge is 2.34. The lowest BCUT2D eigenvalue weighted by molar-refractivity contribution is -0.137. The first-order valence-electron chi connectivity index (χ1n) is 8.92. The van der Waals surface area contributed by atoms with Crippen LogP contribution in [0.5, 0.6) is 0 Å². The van der Waals surface area contributed by atoms with Crippen LogP contribution >= 0.6 is 23.4 Å². The third-order valence-corrected chi connectivity index (χ3v) is 5.37. The molecule has 3 rings (SSSR count). The molecule has 1 N–H and O–H groups in total. The number of aromatic nitrogens is 4. The minimum Gasteiger partial charge on any atom is -0.383 e. The van der Waals surface area contributed by atoms with Crippen molar-refractivity contribution < 1.29 is 22.7 Å². The predicted octanol–water partition coefficient (Wildman–Crippen LogP) is 4.39. The van der Waals surface area contributed by atoms with Crippen LogP contribution in [0, 0.1) is 0 Å². The Morgan fingerprint density at radius 1 is 1.23 bits per heavy atom. The van der Waals surface area contributed by atoms with E-state index in [-0.39, 0.29) is 10.8 Å². The Morgan fingerprint density at radius 2 is 1.97 bits per heavy atom. The number of carbonyl (C=O) groups is 1. The lowest BCUT2D eigenvalue weighted by Crippen LogP contribution is -2.19. The van der Waals surface area contributed by atoms with Gasteiger partial charge in [0.15, 0.2) is 11.0 Å². The summed E-state index contributed by atoms with van der Waals surface area (Å²) in [6.45, 7) is 0.804. The molecular weight excluding hydrogens is 455 g/mol. The SMILES string of the molecule is COCCn1c(SCC(=O)Nc2c(Cl)cccc2C(F)(F)F)nnc1-c1ccncc1. The highest BCUT2D eigenvalue weighted by Crippen LogP contribution is 2.38. The number of thioether (sulfide) groups is 1. The monoisotopic (exact) mass is 471 g/mol. The molecular formula is C19H17ClF3N5O2S. The topological polar surface area (TPSA) is 81.9 Å². The Labute approximate surface area is 185 Å². The number of benzene rings is 1. The maximum atomic E-state index is 13.2. The Hall–Kier alpha value is -2.63. The van der Waals surface area contributed by atoms with Gasteiger partial charge < -0.3 is 10.1 Å². The molecule has 0 aliphatic carbocycles. The standard InChI is InChI=1S/C19H17ClF3N5O2S/c1-30-10-9-28-17(12-5-7-24-8-6-12)26-27-18(28)31-11-15(29)25-16-13(19(21,22)23)3-2-4-14(16)20/h2-8H,9-11H2,1H3,(H,25,29). The van der Waals surface area contributed by atoms with Crippen LogP contribution in [0.3, 0.4) is 0 Å². The van der Waals surface area contributed by atoms with Crippen molar-refractivity contribution in [2.45, 2.75) is 17.9 Å². The molecule has 0 unspecified atom stereocenters. The van der Waals surface area contributed by atoms with E-state index in [1.165, 1.54) is 12.1 Å². The minimum absolute atomic E-state index is 0.190. The summed E-state index contributed by atoms with van der Waals surface area (Å²) >= 11 is 6.92. The molecule has 3 aromatic rings. The van der Waals surface area contributed by atoms with Crippen LogP contribution in [0.2, 0.25) is 5.02 Å². The second-order valence-electron chi connectivity index (χ2n) is 6.18. The van der Waals surface area contributed by atoms with Crippen LogP contribution in [-0.4, -0.2) is 45.1 Å². The van der Waals surface area contributed by atoms with Gasteiger partial charge in [0.2, 0.25) is 5.91 Å². The van der Waals surface area contributed by atoms with E-state index in [0.717, 1.165) is 23.4 Å². The smallest absolute Gasteiger partial charge is 0.383 e. The number of hydrogen-bond acceptors (Lipinski definition) is 6. The number of nitrogens with zero attached hydrogens (tertiary/aromatic N) is 4. The number of alkyl halides is 3. The number of ether oxygens (including phenoxy) is 1. The van der Waals surface area contributed by atoms with Crippen molar-refractivity contribution in [3.63, 3.8) is 0 Å². The van der Waals surface area contributed by atoms with E-state index < -0.39 is 23.3 Å². The van der Waals surface area contributed by atoms with Crippen molar-refractivity contribution in [3.8, 4) is 11.4 Å². The molecule has 1 aromatic carbocycles. The van der Waals surface area contributed by atoms with Crippen molar-refractivity contribution in [1.82, 2.24) is 19.7 Å². The first kappa shape index (κ1) is 23.0. The first-order chi connectivity index (χ1) is 14.8. The van der Waals surface area contributed by atoms with E-state index in [4.69, 9.17) is 16.3 Å². The predicted molar refractivity (Wildman–Crippen MR) is 111 cm³/mol. The number of rotatable bonds is 8. The average Bonchev–Trinajstić information content (AvgIpc) is 3.14. The third-order valence-electron chi connectivity index (χ3n) is 4.09. The van der Waals surface area contributed by atoms with Crippen LogP contribution < -0.4 is 5.32 Å². The molecule has 0 aliphatic rings. The second-order valence-corrected chi connectivity index (χ2v) is 7.53. The minimum atomic E-state index is -4.65. The molecule has 0 atom stereocenters. The molecule has 0 bridgehead atoms.